The number of anilines is 2. The molecule has 130 valence electrons. The fourth-order valence-corrected chi connectivity index (χ4v) is 2.99. The second-order valence-electron chi connectivity index (χ2n) is 5.35. The third-order valence-corrected chi connectivity index (χ3v) is 4.28. The monoisotopic (exact) mass is 360 g/mol. The SMILES string of the molecule is CCC(OC(=O)c1ccc2nc(N)sc2c1)C(=O)Nc1cc(C)on1. The molecule has 0 saturated heterocycles. The number of ether oxygens (including phenoxy) is 1. The van der Waals surface area contributed by atoms with Gasteiger partial charge < -0.3 is 20.3 Å². The first-order valence-corrected chi connectivity index (χ1v) is 8.39. The molecule has 1 amide bonds. The van der Waals surface area contributed by atoms with Crippen molar-refractivity contribution in [3.05, 3.63) is 35.6 Å². The minimum Gasteiger partial charge on any atom is -0.449 e. The summed E-state index contributed by atoms with van der Waals surface area (Å²) in [6.07, 6.45) is -0.615. The predicted molar refractivity (Wildman–Crippen MR) is 93.4 cm³/mol. The van der Waals surface area contributed by atoms with Crippen molar-refractivity contribution >= 4 is 44.4 Å². The number of esters is 1. The summed E-state index contributed by atoms with van der Waals surface area (Å²) >= 11 is 1.28. The summed E-state index contributed by atoms with van der Waals surface area (Å²) < 4.78 is 11.0. The number of benzene rings is 1. The molecule has 0 saturated carbocycles. The molecule has 1 aromatic carbocycles. The molecule has 0 spiro atoms. The standard InChI is InChI=1S/C16H16N4O4S/c1-3-11(14(21)19-13-6-8(2)24-20-13)23-15(22)9-4-5-10-12(7-9)25-16(17)18-10/h4-7,11H,3H2,1-2H3,(H2,17,18)(H,19,20,21). The molecule has 0 aliphatic rings. The second-order valence-corrected chi connectivity index (χ2v) is 6.41. The number of rotatable bonds is 5. The minimum absolute atomic E-state index is 0.276. The number of hydrogen-bond donors (Lipinski definition) is 2. The zero-order valence-electron chi connectivity index (χ0n) is 13.6. The third kappa shape index (κ3) is 3.77. The summed E-state index contributed by atoms with van der Waals surface area (Å²) in [6, 6.07) is 6.51. The minimum atomic E-state index is -0.938. The lowest BCUT2D eigenvalue weighted by Gasteiger charge is -2.15. The molecule has 0 radical (unpaired) electrons. The Kier molecular flexibility index (Phi) is 4.66. The van der Waals surface area contributed by atoms with Crippen molar-refractivity contribution in [1.82, 2.24) is 10.1 Å². The topological polar surface area (TPSA) is 120 Å². The maximum atomic E-state index is 12.3. The summed E-state index contributed by atoms with van der Waals surface area (Å²) in [4.78, 5) is 28.7. The summed E-state index contributed by atoms with van der Waals surface area (Å²) in [6.45, 7) is 3.46. The number of nitrogens with zero attached hydrogens (tertiary/aromatic N) is 2. The Balaban J connectivity index is 1.70. The van der Waals surface area contributed by atoms with E-state index in [0.29, 0.717) is 28.4 Å². The zero-order chi connectivity index (χ0) is 18.0. The number of thiazole rings is 1. The van der Waals surface area contributed by atoms with Crippen molar-refractivity contribution in [3.8, 4) is 0 Å². The van der Waals surface area contributed by atoms with Crippen LogP contribution in [0.4, 0.5) is 10.9 Å². The van der Waals surface area contributed by atoms with Gasteiger partial charge in [0.15, 0.2) is 17.1 Å². The maximum Gasteiger partial charge on any atom is 0.338 e. The van der Waals surface area contributed by atoms with E-state index < -0.39 is 18.0 Å². The molecule has 2 heterocycles. The van der Waals surface area contributed by atoms with Gasteiger partial charge in [0.25, 0.3) is 5.91 Å². The smallest absolute Gasteiger partial charge is 0.338 e. The van der Waals surface area contributed by atoms with Crippen LogP contribution in [-0.4, -0.2) is 28.1 Å². The molecular weight excluding hydrogens is 344 g/mol. The van der Waals surface area contributed by atoms with Crippen molar-refractivity contribution in [2.45, 2.75) is 26.4 Å². The molecule has 1 atom stereocenters. The Hall–Kier alpha value is -2.94. The van der Waals surface area contributed by atoms with Gasteiger partial charge >= 0.3 is 5.97 Å². The summed E-state index contributed by atoms with van der Waals surface area (Å²) in [5.41, 5.74) is 6.70. The lowest BCUT2D eigenvalue weighted by molar-refractivity contribution is -0.124. The van der Waals surface area contributed by atoms with Crippen molar-refractivity contribution in [1.29, 1.82) is 0 Å². The average Bonchev–Trinajstić information content (AvgIpc) is 3.15. The van der Waals surface area contributed by atoms with Gasteiger partial charge in [-0.25, -0.2) is 9.78 Å². The van der Waals surface area contributed by atoms with Gasteiger partial charge in [0, 0.05) is 6.07 Å². The van der Waals surface area contributed by atoms with Crippen LogP contribution in [0.2, 0.25) is 0 Å². The lowest BCUT2D eigenvalue weighted by atomic mass is 10.2. The molecule has 3 rings (SSSR count). The first-order valence-electron chi connectivity index (χ1n) is 7.57. The first kappa shape index (κ1) is 16.9. The number of carbonyl (C=O) groups excluding carboxylic acids is 2. The maximum absolute atomic E-state index is 12.3. The quantitative estimate of drug-likeness (QED) is 0.671. The molecule has 8 nitrogen and oxygen atoms in total. The van der Waals surface area contributed by atoms with Gasteiger partial charge in [0.05, 0.1) is 15.8 Å². The van der Waals surface area contributed by atoms with Crippen LogP contribution in [0.3, 0.4) is 0 Å². The number of hydrogen-bond acceptors (Lipinski definition) is 8. The molecule has 0 aliphatic heterocycles. The molecule has 9 heteroatoms. The molecule has 3 N–H and O–H groups in total. The van der Waals surface area contributed by atoms with E-state index in [-0.39, 0.29) is 5.82 Å². The number of nitrogen functional groups attached to an aromatic ring is 1. The molecular formula is C16H16N4O4S. The van der Waals surface area contributed by atoms with Crippen molar-refractivity contribution < 1.29 is 18.8 Å². The van der Waals surface area contributed by atoms with E-state index in [4.69, 9.17) is 15.0 Å². The number of aryl methyl sites for hydroxylation is 1. The van der Waals surface area contributed by atoms with Crippen molar-refractivity contribution in [2.75, 3.05) is 11.1 Å². The first-order chi connectivity index (χ1) is 12.0. The van der Waals surface area contributed by atoms with E-state index >= 15 is 0 Å². The van der Waals surface area contributed by atoms with Crippen LogP contribution < -0.4 is 11.1 Å². The van der Waals surface area contributed by atoms with E-state index in [0.717, 1.165) is 4.70 Å². The van der Waals surface area contributed by atoms with E-state index in [1.807, 2.05) is 0 Å². The van der Waals surface area contributed by atoms with Crippen LogP contribution in [0.25, 0.3) is 10.2 Å². The van der Waals surface area contributed by atoms with E-state index in [1.54, 1.807) is 38.1 Å². The molecule has 1 unspecified atom stereocenters. The number of amides is 1. The molecule has 0 fully saturated rings. The lowest BCUT2D eigenvalue weighted by Crippen LogP contribution is -2.32. The highest BCUT2D eigenvalue weighted by Gasteiger charge is 2.23. The van der Waals surface area contributed by atoms with Gasteiger partial charge in [0.2, 0.25) is 0 Å². The predicted octanol–water partition coefficient (Wildman–Crippen LogP) is 2.75. The van der Waals surface area contributed by atoms with E-state index in [2.05, 4.69) is 15.5 Å². The number of nitrogens with one attached hydrogen (secondary N) is 1. The number of carbonyl (C=O) groups is 2. The van der Waals surface area contributed by atoms with Crippen molar-refractivity contribution in [2.24, 2.45) is 0 Å². The van der Waals surface area contributed by atoms with Gasteiger partial charge in [0.1, 0.15) is 5.76 Å². The molecule has 2 aromatic heterocycles. The third-order valence-electron chi connectivity index (χ3n) is 3.43. The number of aromatic nitrogens is 2. The Morgan fingerprint density at radius 3 is 2.88 bits per heavy atom. The molecule has 0 aliphatic carbocycles. The Labute approximate surface area is 147 Å². The van der Waals surface area contributed by atoms with E-state index in [9.17, 15) is 9.59 Å². The molecule has 0 bridgehead atoms. The van der Waals surface area contributed by atoms with Gasteiger partial charge in [-0.2, -0.15) is 0 Å². The van der Waals surface area contributed by atoms with Crippen LogP contribution >= 0.6 is 11.3 Å². The summed E-state index contributed by atoms with van der Waals surface area (Å²) in [7, 11) is 0. The van der Waals surface area contributed by atoms with Gasteiger partial charge in [-0.1, -0.05) is 23.4 Å². The average molecular weight is 360 g/mol. The summed E-state index contributed by atoms with van der Waals surface area (Å²) in [5.74, 6) is -0.213. The zero-order valence-corrected chi connectivity index (χ0v) is 14.4. The van der Waals surface area contributed by atoms with Crippen LogP contribution in [-0.2, 0) is 9.53 Å². The highest BCUT2D eigenvalue weighted by atomic mass is 32.1. The van der Waals surface area contributed by atoms with Crippen LogP contribution in [0.5, 0.6) is 0 Å². The second kappa shape index (κ2) is 6.89. The molecule has 25 heavy (non-hydrogen) atoms. The van der Waals surface area contributed by atoms with Gasteiger partial charge in [-0.15, -0.1) is 0 Å². The fraction of sp³-hybridized carbons (Fsp3) is 0.250. The highest BCUT2D eigenvalue weighted by Crippen LogP contribution is 2.25. The van der Waals surface area contributed by atoms with Gasteiger partial charge in [-0.05, 0) is 31.5 Å². The number of fused-ring (bicyclic) bond motifs is 1. The summed E-state index contributed by atoms with van der Waals surface area (Å²) in [5, 5.41) is 6.66. The number of nitrogens with two attached hydrogens (primary N) is 1. The Morgan fingerprint density at radius 1 is 1.40 bits per heavy atom. The normalized spacial score (nSPS) is 12.1. The van der Waals surface area contributed by atoms with Crippen LogP contribution in [0.1, 0.15) is 29.5 Å². The van der Waals surface area contributed by atoms with Gasteiger partial charge in [-0.3, -0.25) is 4.79 Å². The Bertz CT molecular complexity index is 933. The highest BCUT2D eigenvalue weighted by molar-refractivity contribution is 7.22. The fourth-order valence-electron chi connectivity index (χ4n) is 2.22. The molecule has 3 aromatic rings. The van der Waals surface area contributed by atoms with Crippen LogP contribution in [0.15, 0.2) is 28.8 Å². The van der Waals surface area contributed by atoms with Crippen molar-refractivity contribution in [3.63, 3.8) is 0 Å². The largest absolute Gasteiger partial charge is 0.449 e. The van der Waals surface area contributed by atoms with Crippen LogP contribution in [0, 0.1) is 6.92 Å². The van der Waals surface area contributed by atoms with E-state index in [1.165, 1.54) is 11.3 Å². The Morgan fingerprint density at radius 2 is 2.20 bits per heavy atom.